The Hall–Kier alpha value is -1.59. The first-order valence-electron chi connectivity index (χ1n) is 7.67. The van der Waals surface area contributed by atoms with Gasteiger partial charge in [-0.2, -0.15) is 0 Å². The number of hydrogen-bond acceptors (Lipinski definition) is 4. The number of carbonyl (C=O) groups excluding carboxylic acids is 1. The third kappa shape index (κ3) is 5.31. The van der Waals surface area contributed by atoms with E-state index < -0.39 is 5.54 Å². The molecule has 0 bridgehead atoms. The molecule has 3 N–H and O–H groups in total. The fourth-order valence-electron chi connectivity index (χ4n) is 1.88. The van der Waals surface area contributed by atoms with Gasteiger partial charge in [-0.25, -0.2) is 0 Å². The van der Waals surface area contributed by atoms with Gasteiger partial charge in [0.25, 0.3) is 5.91 Å². The lowest BCUT2D eigenvalue weighted by atomic mass is 9.88. The zero-order valence-corrected chi connectivity index (χ0v) is 14.0. The average Bonchev–Trinajstić information content (AvgIpc) is 2.51. The lowest BCUT2D eigenvalue weighted by Gasteiger charge is -2.33. The SMILES string of the molecule is COCCCOc1cccc(C(=O)NC(C)(CN)C(C)C)c1. The Bertz CT molecular complexity index is 477. The van der Waals surface area contributed by atoms with Gasteiger partial charge in [0.1, 0.15) is 5.75 Å². The second kappa shape index (κ2) is 8.76. The van der Waals surface area contributed by atoms with E-state index >= 15 is 0 Å². The number of nitrogens with one attached hydrogen (secondary N) is 1. The van der Waals surface area contributed by atoms with Gasteiger partial charge >= 0.3 is 0 Å². The molecule has 0 heterocycles. The minimum atomic E-state index is -0.424. The van der Waals surface area contributed by atoms with Crippen molar-refractivity contribution in [2.75, 3.05) is 26.9 Å². The van der Waals surface area contributed by atoms with Crippen LogP contribution in [0.25, 0.3) is 0 Å². The fraction of sp³-hybridized carbons (Fsp3) is 0.588. The maximum absolute atomic E-state index is 12.4. The number of rotatable bonds is 9. The molecule has 0 radical (unpaired) electrons. The molecule has 5 nitrogen and oxygen atoms in total. The highest BCUT2D eigenvalue weighted by molar-refractivity contribution is 5.95. The van der Waals surface area contributed by atoms with Crippen LogP contribution in [0.4, 0.5) is 0 Å². The fourth-order valence-corrected chi connectivity index (χ4v) is 1.88. The zero-order valence-electron chi connectivity index (χ0n) is 14.0. The quantitative estimate of drug-likeness (QED) is 0.686. The van der Waals surface area contributed by atoms with Crippen LogP contribution in [-0.4, -0.2) is 38.3 Å². The first-order valence-corrected chi connectivity index (χ1v) is 7.67. The Kier molecular flexibility index (Phi) is 7.35. The number of methoxy groups -OCH3 is 1. The molecule has 1 unspecified atom stereocenters. The molecule has 1 aromatic carbocycles. The Balaban J connectivity index is 2.70. The Morgan fingerprint density at radius 2 is 2.09 bits per heavy atom. The molecule has 5 heteroatoms. The van der Waals surface area contributed by atoms with Gasteiger partial charge in [0.15, 0.2) is 0 Å². The summed E-state index contributed by atoms with van der Waals surface area (Å²) in [6.07, 6.45) is 0.811. The van der Waals surface area contributed by atoms with Crippen LogP contribution < -0.4 is 15.8 Å². The summed E-state index contributed by atoms with van der Waals surface area (Å²) in [7, 11) is 1.66. The van der Waals surface area contributed by atoms with Gasteiger partial charge in [-0.1, -0.05) is 19.9 Å². The molecule has 1 atom stereocenters. The van der Waals surface area contributed by atoms with Crippen molar-refractivity contribution in [1.29, 1.82) is 0 Å². The highest BCUT2D eigenvalue weighted by atomic mass is 16.5. The van der Waals surface area contributed by atoms with Crippen LogP contribution >= 0.6 is 0 Å². The predicted molar refractivity (Wildman–Crippen MR) is 88.2 cm³/mol. The molecule has 0 fully saturated rings. The van der Waals surface area contributed by atoms with Crippen LogP contribution in [0.5, 0.6) is 5.75 Å². The summed E-state index contributed by atoms with van der Waals surface area (Å²) in [6, 6.07) is 7.18. The van der Waals surface area contributed by atoms with Crippen molar-refractivity contribution in [3.8, 4) is 5.75 Å². The van der Waals surface area contributed by atoms with Gasteiger partial charge in [0, 0.05) is 32.2 Å². The Morgan fingerprint density at radius 1 is 1.36 bits per heavy atom. The molecular weight excluding hydrogens is 280 g/mol. The highest BCUT2D eigenvalue weighted by Crippen LogP contribution is 2.18. The molecule has 1 aromatic rings. The van der Waals surface area contributed by atoms with E-state index in [0.29, 0.717) is 31.1 Å². The summed E-state index contributed by atoms with van der Waals surface area (Å²) in [4.78, 5) is 12.4. The summed E-state index contributed by atoms with van der Waals surface area (Å²) < 4.78 is 10.6. The molecule has 0 aromatic heterocycles. The van der Waals surface area contributed by atoms with Gasteiger partial charge < -0.3 is 20.5 Å². The van der Waals surface area contributed by atoms with Crippen LogP contribution in [0.15, 0.2) is 24.3 Å². The molecule has 0 aliphatic rings. The summed E-state index contributed by atoms with van der Waals surface area (Å²) in [6.45, 7) is 7.66. The molecule has 0 aliphatic heterocycles. The molecule has 0 saturated carbocycles. The molecule has 0 aliphatic carbocycles. The van der Waals surface area contributed by atoms with E-state index in [1.807, 2.05) is 32.9 Å². The number of carbonyl (C=O) groups is 1. The topological polar surface area (TPSA) is 73.6 Å². The maximum Gasteiger partial charge on any atom is 0.251 e. The minimum Gasteiger partial charge on any atom is -0.493 e. The maximum atomic E-state index is 12.4. The number of amides is 1. The van der Waals surface area contributed by atoms with E-state index in [4.69, 9.17) is 15.2 Å². The summed E-state index contributed by atoms with van der Waals surface area (Å²) in [5.74, 6) is 0.793. The Labute approximate surface area is 133 Å². The number of ether oxygens (including phenoxy) is 2. The average molecular weight is 308 g/mol. The monoisotopic (exact) mass is 308 g/mol. The highest BCUT2D eigenvalue weighted by Gasteiger charge is 2.28. The largest absolute Gasteiger partial charge is 0.493 e. The molecule has 124 valence electrons. The van der Waals surface area contributed by atoms with Gasteiger partial charge in [0.2, 0.25) is 0 Å². The van der Waals surface area contributed by atoms with Crippen molar-refractivity contribution in [2.45, 2.75) is 32.7 Å². The standard InChI is InChI=1S/C17H28N2O3/c1-13(2)17(3,12-18)19-16(20)14-7-5-8-15(11-14)22-10-6-9-21-4/h5,7-8,11,13H,6,9-10,12,18H2,1-4H3,(H,19,20). The second-order valence-electron chi connectivity index (χ2n) is 5.95. The number of hydrogen-bond donors (Lipinski definition) is 2. The normalized spacial score (nSPS) is 13.7. The van der Waals surface area contributed by atoms with Crippen LogP contribution in [0.1, 0.15) is 37.6 Å². The van der Waals surface area contributed by atoms with E-state index in [1.54, 1.807) is 19.2 Å². The van der Waals surface area contributed by atoms with Crippen molar-refractivity contribution in [3.63, 3.8) is 0 Å². The third-order valence-electron chi connectivity index (χ3n) is 3.96. The van der Waals surface area contributed by atoms with E-state index in [-0.39, 0.29) is 11.8 Å². The van der Waals surface area contributed by atoms with Crippen LogP contribution in [0.2, 0.25) is 0 Å². The van der Waals surface area contributed by atoms with Crippen LogP contribution in [0.3, 0.4) is 0 Å². The summed E-state index contributed by atoms with van der Waals surface area (Å²) >= 11 is 0. The molecule has 0 spiro atoms. The molecule has 0 saturated heterocycles. The predicted octanol–water partition coefficient (Wildman–Crippen LogP) is 2.21. The van der Waals surface area contributed by atoms with Crippen molar-refractivity contribution in [1.82, 2.24) is 5.32 Å². The third-order valence-corrected chi connectivity index (χ3v) is 3.96. The summed E-state index contributed by atoms with van der Waals surface area (Å²) in [5.41, 5.74) is 5.96. The van der Waals surface area contributed by atoms with E-state index in [1.165, 1.54) is 0 Å². The summed E-state index contributed by atoms with van der Waals surface area (Å²) in [5, 5.41) is 3.02. The molecular formula is C17H28N2O3. The van der Waals surface area contributed by atoms with Gasteiger partial charge in [-0.3, -0.25) is 4.79 Å². The van der Waals surface area contributed by atoms with E-state index in [9.17, 15) is 4.79 Å². The second-order valence-corrected chi connectivity index (χ2v) is 5.95. The van der Waals surface area contributed by atoms with Crippen LogP contribution in [-0.2, 0) is 4.74 Å². The van der Waals surface area contributed by atoms with Crippen molar-refractivity contribution in [3.05, 3.63) is 29.8 Å². The zero-order chi connectivity index (χ0) is 16.6. The smallest absolute Gasteiger partial charge is 0.251 e. The van der Waals surface area contributed by atoms with Gasteiger partial charge in [-0.05, 0) is 31.0 Å². The minimum absolute atomic E-state index is 0.135. The van der Waals surface area contributed by atoms with Gasteiger partial charge in [-0.15, -0.1) is 0 Å². The van der Waals surface area contributed by atoms with Crippen molar-refractivity contribution >= 4 is 5.91 Å². The number of nitrogens with two attached hydrogens (primary N) is 1. The van der Waals surface area contributed by atoms with E-state index in [0.717, 1.165) is 6.42 Å². The molecule has 22 heavy (non-hydrogen) atoms. The van der Waals surface area contributed by atoms with Crippen LogP contribution in [0, 0.1) is 5.92 Å². The Morgan fingerprint density at radius 3 is 2.68 bits per heavy atom. The van der Waals surface area contributed by atoms with Crippen molar-refractivity contribution in [2.24, 2.45) is 11.7 Å². The molecule has 1 rings (SSSR count). The lowest BCUT2D eigenvalue weighted by Crippen LogP contribution is -2.55. The van der Waals surface area contributed by atoms with E-state index in [2.05, 4.69) is 5.32 Å². The first-order chi connectivity index (χ1) is 10.4. The lowest BCUT2D eigenvalue weighted by molar-refractivity contribution is 0.0882. The first kappa shape index (κ1) is 18.5. The van der Waals surface area contributed by atoms with Crippen molar-refractivity contribution < 1.29 is 14.3 Å². The number of benzene rings is 1. The molecule has 1 amide bonds. The van der Waals surface area contributed by atoms with Gasteiger partial charge in [0.05, 0.1) is 12.1 Å².